The normalized spacial score (nSPS) is 10.9. The molecule has 0 aliphatic rings. The molecule has 0 aliphatic carbocycles. The number of rotatable bonds is 8. The maximum absolute atomic E-state index is 5.84. The van der Waals surface area contributed by atoms with E-state index in [0.29, 0.717) is 19.7 Å². The number of guanidine groups is 1. The minimum Gasteiger partial charge on any atom is -0.487 e. The maximum atomic E-state index is 5.84. The molecule has 0 fully saturated rings. The van der Waals surface area contributed by atoms with Crippen LogP contribution in [0.5, 0.6) is 5.75 Å². The molecule has 0 saturated heterocycles. The van der Waals surface area contributed by atoms with Gasteiger partial charge in [-0.05, 0) is 36.8 Å². The van der Waals surface area contributed by atoms with Crippen LogP contribution in [0.25, 0.3) is 0 Å². The summed E-state index contributed by atoms with van der Waals surface area (Å²) in [5.41, 5.74) is 1.96. The van der Waals surface area contributed by atoms with Crippen LogP contribution in [0.2, 0.25) is 0 Å². The van der Waals surface area contributed by atoms with Crippen molar-refractivity contribution in [3.63, 3.8) is 0 Å². The van der Waals surface area contributed by atoms with Gasteiger partial charge in [0.1, 0.15) is 24.5 Å². The number of aliphatic imine (C=N–C) groups is 1. The minimum atomic E-state index is 0. The molecule has 9 heteroatoms. The van der Waals surface area contributed by atoms with Crippen LogP contribution >= 0.6 is 24.0 Å². The molecule has 0 amide bonds. The largest absolute Gasteiger partial charge is 0.487 e. The number of pyridine rings is 1. The van der Waals surface area contributed by atoms with Crippen molar-refractivity contribution in [1.29, 1.82) is 0 Å². The van der Waals surface area contributed by atoms with Gasteiger partial charge in [0.15, 0.2) is 5.96 Å². The Hall–Kier alpha value is -2.69. The van der Waals surface area contributed by atoms with Crippen LogP contribution in [0, 0.1) is 0 Å². The van der Waals surface area contributed by atoms with Crippen molar-refractivity contribution in [2.24, 2.45) is 12.0 Å². The van der Waals surface area contributed by atoms with Gasteiger partial charge in [0, 0.05) is 19.8 Å². The van der Waals surface area contributed by atoms with Crippen LogP contribution in [0.1, 0.15) is 24.0 Å². The summed E-state index contributed by atoms with van der Waals surface area (Å²) in [6.07, 6.45) is 3.30. The lowest BCUT2D eigenvalue weighted by Crippen LogP contribution is -2.37. The van der Waals surface area contributed by atoms with E-state index in [2.05, 4.69) is 30.7 Å². The van der Waals surface area contributed by atoms with E-state index in [1.165, 1.54) is 6.33 Å². The fourth-order valence-corrected chi connectivity index (χ4v) is 2.53. The predicted octanol–water partition coefficient (Wildman–Crippen LogP) is 2.66. The third-order valence-corrected chi connectivity index (χ3v) is 3.99. The molecule has 3 rings (SSSR count). The summed E-state index contributed by atoms with van der Waals surface area (Å²) in [4.78, 5) is 13.1. The van der Waals surface area contributed by atoms with Crippen molar-refractivity contribution in [3.05, 3.63) is 72.1 Å². The molecule has 0 atom stereocenters. The van der Waals surface area contributed by atoms with Crippen LogP contribution in [0.15, 0.2) is 60.0 Å². The van der Waals surface area contributed by atoms with Crippen molar-refractivity contribution in [2.75, 3.05) is 6.54 Å². The number of hydrogen-bond acceptors (Lipinski definition) is 5. The van der Waals surface area contributed by atoms with Gasteiger partial charge in [-0.15, -0.1) is 24.0 Å². The predicted molar refractivity (Wildman–Crippen MR) is 123 cm³/mol. The summed E-state index contributed by atoms with van der Waals surface area (Å²) in [5, 5.41) is 10.6. The zero-order valence-corrected chi connectivity index (χ0v) is 18.9. The van der Waals surface area contributed by atoms with E-state index in [9.17, 15) is 0 Å². The summed E-state index contributed by atoms with van der Waals surface area (Å²) in [5.74, 6) is 2.37. The van der Waals surface area contributed by atoms with Crippen LogP contribution in [-0.2, 0) is 26.7 Å². The molecule has 29 heavy (non-hydrogen) atoms. The molecule has 2 aromatic heterocycles. The molecule has 0 bridgehead atoms. The smallest absolute Gasteiger partial charge is 0.191 e. The molecule has 8 nitrogen and oxygen atoms in total. The van der Waals surface area contributed by atoms with Gasteiger partial charge < -0.3 is 15.4 Å². The lowest BCUT2D eigenvalue weighted by atomic mass is 10.2. The van der Waals surface area contributed by atoms with Gasteiger partial charge in [0.05, 0.1) is 18.8 Å². The number of nitrogens with one attached hydrogen (secondary N) is 2. The van der Waals surface area contributed by atoms with E-state index >= 15 is 0 Å². The second-order valence-electron chi connectivity index (χ2n) is 6.11. The highest BCUT2D eigenvalue weighted by Gasteiger charge is 2.03. The molecule has 2 heterocycles. The quantitative estimate of drug-likeness (QED) is 0.277. The summed E-state index contributed by atoms with van der Waals surface area (Å²) in [6.45, 7) is 4.34. The van der Waals surface area contributed by atoms with E-state index in [0.717, 1.165) is 35.3 Å². The van der Waals surface area contributed by atoms with Gasteiger partial charge in [-0.3, -0.25) is 9.67 Å². The van der Waals surface area contributed by atoms with Gasteiger partial charge in [-0.1, -0.05) is 18.2 Å². The molecule has 0 spiro atoms. The summed E-state index contributed by atoms with van der Waals surface area (Å²) < 4.78 is 7.57. The van der Waals surface area contributed by atoms with E-state index in [1.54, 1.807) is 10.9 Å². The Bertz CT molecular complexity index is 899. The molecule has 3 aromatic rings. The average molecular weight is 507 g/mol. The molecule has 0 radical (unpaired) electrons. The van der Waals surface area contributed by atoms with Gasteiger partial charge in [0.2, 0.25) is 0 Å². The molecule has 0 aliphatic heterocycles. The number of ether oxygens (including phenoxy) is 1. The molecule has 2 N–H and O–H groups in total. The van der Waals surface area contributed by atoms with E-state index < -0.39 is 0 Å². The minimum absolute atomic E-state index is 0. The van der Waals surface area contributed by atoms with E-state index in [4.69, 9.17) is 4.74 Å². The van der Waals surface area contributed by atoms with Crippen LogP contribution in [0.4, 0.5) is 0 Å². The zero-order chi connectivity index (χ0) is 19.6. The first kappa shape index (κ1) is 22.6. The number of aryl methyl sites for hydroxylation is 1. The molecule has 154 valence electrons. The second-order valence-corrected chi connectivity index (χ2v) is 6.11. The number of halogens is 1. The zero-order valence-electron chi connectivity index (χ0n) is 16.6. The van der Waals surface area contributed by atoms with Gasteiger partial charge in [0.25, 0.3) is 0 Å². The monoisotopic (exact) mass is 507 g/mol. The lowest BCUT2D eigenvalue weighted by Gasteiger charge is -2.11. The standard InChI is InChI=1S/C20H25N7O.HI/c1-3-21-20(24-13-19-25-15-26-27(19)2)23-12-16-7-6-9-18(11-16)28-14-17-8-4-5-10-22-17;/h4-11,15H,3,12-14H2,1-2H3,(H2,21,23,24);1H. The number of hydrogen-bond donors (Lipinski definition) is 2. The Morgan fingerprint density at radius 1 is 1.14 bits per heavy atom. The Morgan fingerprint density at radius 3 is 2.76 bits per heavy atom. The third-order valence-electron chi connectivity index (χ3n) is 3.99. The highest BCUT2D eigenvalue weighted by molar-refractivity contribution is 14.0. The van der Waals surface area contributed by atoms with Crippen molar-refractivity contribution < 1.29 is 4.74 Å². The molecular weight excluding hydrogens is 481 g/mol. The maximum Gasteiger partial charge on any atom is 0.191 e. The van der Waals surface area contributed by atoms with Crippen molar-refractivity contribution >= 4 is 29.9 Å². The Kier molecular flexibility index (Phi) is 9.35. The lowest BCUT2D eigenvalue weighted by molar-refractivity contribution is 0.301. The second kappa shape index (κ2) is 12.0. The Morgan fingerprint density at radius 2 is 2.03 bits per heavy atom. The van der Waals surface area contributed by atoms with Gasteiger partial charge >= 0.3 is 0 Å². The first-order valence-electron chi connectivity index (χ1n) is 9.21. The Balaban J connectivity index is 0.00000300. The van der Waals surface area contributed by atoms with Crippen molar-refractivity contribution in [2.45, 2.75) is 26.6 Å². The third kappa shape index (κ3) is 7.33. The topological polar surface area (TPSA) is 89.2 Å². The SMILES string of the molecule is CCNC(=NCc1cccc(OCc2ccccn2)c1)NCc1ncnn1C.I. The average Bonchev–Trinajstić information content (AvgIpc) is 3.14. The molecule has 1 aromatic carbocycles. The highest BCUT2D eigenvalue weighted by Crippen LogP contribution is 2.15. The molecule has 0 unspecified atom stereocenters. The first-order valence-corrected chi connectivity index (χ1v) is 9.21. The summed E-state index contributed by atoms with van der Waals surface area (Å²) in [7, 11) is 1.87. The fourth-order valence-electron chi connectivity index (χ4n) is 2.53. The van der Waals surface area contributed by atoms with Crippen molar-refractivity contribution in [3.8, 4) is 5.75 Å². The van der Waals surface area contributed by atoms with Crippen LogP contribution in [-0.4, -0.2) is 32.3 Å². The number of nitrogens with zero attached hydrogens (tertiary/aromatic N) is 5. The first-order chi connectivity index (χ1) is 13.7. The van der Waals surface area contributed by atoms with Gasteiger partial charge in [-0.2, -0.15) is 5.10 Å². The van der Waals surface area contributed by atoms with Crippen LogP contribution < -0.4 is 15.4 Å². The van der Waals surface area contributed by atoms with Gasteiger partial charge in [-0.25, -0.2) is 9.98 Å². The highest BCUT2D eigenvalue weighted by atomic mass is 127. The summed E-state index contributed by atoms with van der Waals surface area (Å²) in [6, 6.07) is 13.7. The summed E-state index contributed by atoms with van der Waals surface area (Å²) >= 11 is 0. The van der Waals surface area contributed by atoms with E-state index in [1.807, 2.05) is 56.4 Å². The molecular formula is C20H26IN7O. The Labute approximate surface area is 187 Å². The van der Waals surface area contributed by atoms with Crippen molar-refractivity contribution in [1.82, 2.24) is 30.4 Å². The fraction of sp³-hybridized carbons (Fsp3) is 0.300. The number of benzene rings is 1. The molecule has 0 saturated carbocycles. The number of aromatic nitrogens is 4. The van der Waals surface area contributed by atoms with Crippen LogP contribution in [0.3, 0.4) is 0 Å². The van der Waals surface area contributed by atoms with E-state index in [-0.39, 0.29) is 24.0 Å².